The van der Waals surface area contributed by atoms with E-state index in [9.17, 15) is 15.0 Å². The fourth-order valence-corrected chi connectivity index (χ4v) is 5.50. The van der Waals surface area contributed by atoms with Crippen LogP contribution in [0, 0.1) is 0 Å². The first-order chi connectivity index (χ1) is 10.1. The molecular formula is C15H11BrO3S2. The van der Waals surface area contributed by atoms with Crippen molar-refractivity contribution in [3.05, 3.63) is 56.6 Å². The Morgan fingerprint density at radius 2 is 1.95 bits per heavy atom. The highest BCUT2D eigenvalue weighted by Crippen LogP contribution is 2.56. The van der Waals surface area contributed by atoms with E-state index in [-0.39, 0.29) is 5.75 Å². The second-order valence-electron chi connectivity index (χ2n) is 4.37. The summed E-state index contributed by atoms with van der Waals surface area (Å²) in [7, 11) is -1.11. The van der Waals surface area contributed by atoms with E-state index in [0.29, 0.717) is 9.80 Å². The van der Waals surface area contributed by atoms with Crippen LogP contribution in [0.4, 0.5) is 0 Å². The van der Waals surface area contributed by atoms with E-state index in [1.165, 1.54) is 11.3 Å². The summed E-state index contributed by atoms with van der Waals surface area (Å²) in [5.41, 5.74) is 0.922. The molecule has 0 spiro atoms. The number of thiophene rings is 1. The van der Waals surface area contributed by atoms with Crippen molar-refractivity contribution in [2.75, 3.05) is 0 Å². The number of hydrogen-bond acceptors (Lipinski definition) is 3. The Balaban J connectivity index is 2.00. The van der Waals surface area contributed by atoms with E-state index in [4.69, 9.17) is 0 Å². The van der Waals surface area contributed by atoms with Crippen LogP contribution in [-0.2, 0) is 4.79 Å². The first kappa shape index (κ1) is 14.4. The second-order valence-corrected chi connectivity index (χ2v) is 8.17. The molecule has 0 saturated heterocycles. The molecular weight excluding hydrogens is 372 g/mol. The summed E-state index contributed by atoms with van der Waals surface area (Å²) in [6, 6.07) is 7.67. The van der Waals surface area contributed by atoms with Gasteiger partial charge < -0.3 is 10.2 Å². The van der Waals surface area contributed by atoms with Crippen molar-refractivity contribution >= 4 is 44.1 Å². The number of carbonyl (C=O) groups is 1. The minimum atomic E-state index is -1.11. The number of rotatable bonds is 3. The molecule has 1 aliphatic rings. The Hall–Kier alpha value is -1.50. The number of aromatic hydroxyl groups is 1. The van der Waals surface area contributed by atoms with Gasteiger partial charge in [0.25, 0.3) is 0 Å². The maximum atomic E-state index is 11.2. The highest BCUT2D eigenvalue weighted by atomic mass is 79.9. The Labute approximate surface area is 136 Å². The number of carboxylic acids is 1. The lowest BCUT2D eigenvalue weighted by atomic mass is 10.2. The predicted octanol–water partition coefficient (Wildman–Crippen LogP) is 4.74. The zero-order chi connectivity index (χ0) is 15.0. The molecule has 0 aliphatic carbocycles. The molecule has 0 bridgehead atoms. The Kier molecular flexibility index (Phi) is 3.93. The second kappa shape index (κ2) is 5.71. The molecule has 3 nitrogen and oxygen atoms in total. The summed E-state index contributed by atoms with van der Waals surface area (Å²) in [6.07, 6.45) is 3.34. The highest BCUT2D eigenvalue weighted by Gasteiger charge is 2.24. The summed E-state index contributed by atoms with van der Waals surface area (Å²) < 4.78 is 0.974. The molecule has 0 saturated carbocycles. The lowest BCUT2D eigenvalue weighted by Gasteiger charge is -2.14. The highest BCUT2D eigenvalue weighted by molar-refractivity contribution is 9.10. The first-order valence-electron chi connectivity index (χ1n) is 6.05. The summed E-state index contributed by atoms with van der Waals surface area (Å²) in [5, 5.41) is 23.4. The lowest BCUT2D eigenvalue weighted by Crippen LogP contribution is -1.98. The zero-order valence-corrected chi connectivity index (χ0v) is 14.0. The first-order valence-corrected chi connectivity index (χ1v) is 9.13. The van der Waals surface area contributed by atoms with Gasteiger partial charge in [-0.3, -0.25) is 0 Å². The van der Waals surface area contributed by atoms with Crippen molar-refractivity contribution in [2.24, 2.45) is 0 Å². The van der Waals surface area contributed by atoms with Crippen molar-refractivity contribution in [3.63, 3.8) is 0 Å². The third kappa shape index (κ3) is 2.66. The van der Waals surface area contributed by atoms with Crippen LogP contribution in [0.25, 0.3) is 10.4 Å². The monoisotopic (exact) mass is 382 g/mol. The standard InChI is InChI=1S/C15H11BrO3S2/c16-10-5-3-9(4-6-10)14-13(17)12(8-20-14)21-7-1-2-11(21)15(18)19/h1-8,17,21H,(H,18,19). The number of allylic oxidation sites excluding steroid dienone is 2. The fourth-order valence-electron chi connectivity index (χ4n) is 2.08. The molecule has 108 valence electrons. The topological polar surface area (TPSA) is 57.5 Å². The molecule has 0 radical (unpaired) electrons. The molecule has 21 heavy (non-hydrogen) atoms. The summed E-state index contributed by atoms with van der Waals surface area (Å²) in [4.78, 5) is 13.1. The van der Waals surface area contributed by atoms with Crippen molar-refractivity contribution in [2.45, 2.75) is 4.90 Å². The van der Waals surface area contributed by atoms with E-state index in [1.807, 2.05) is 35.1 Å². The molecule has 2 heterocycles. The Morgan fingerprint density at radius 1 is 1.24 bits per heavy atom. The van der Waals surface area contributed by atoms with Gasteiger partial charge in [-0.05, 0) is 29.2 Å². The van der Waals surface area contributed by atoms with Gasteiger partial charge in [0.2, 0.25) is 0 Å². The predicted molar refractivity (Wildman–Crippen MR) is 91.2 cm³/mol. The molecule has 1 unspecified atom stereocenters. The van der Waals surface area contributed by atoms with Crippen molar-refractivity contribution in [1.82, 2.24) is 0 Å². The van der Waals surface area contributed by atoms with Gasteiger partial charge in [0.15, 0.2) is 0 Å². The minimum absolute atomic E-state index is 0.187. The molecule has 1 aromatic heterocycles. The van der Waals surface area contributed by atoms with Gasteiger partial charge in [0.1, 0.15) is 5.75 Å². The van der Waals surface area contributed by atoms with E-state index in [2.05, 4.69) is 15.9 Å². The Bertz CT molecular complexity index is 760. The number of benzene rings is 1. The minimum Gasteiger partial charge on any atom is -0.505 e. The van der Waals surface area contributed by atoms with Crippen molar-refractivity contribution < 1.29 is 15.0 Å². The number of hydrogen-bond donors (Lipinski definition) is 3. The average molecular weight is 383 g/mol. The molecule has 2 aromatic rings. The Morgan fingerprint density at radius 3 is 2.62 bits per heavy atom. The summed E-state index contributed by atoms with van der Waals surface area (Å²) in [6.45, 7) is 0. The van der Waals surface area contributed by atoms with Crippen LogP contribution < -0.4 is 0 Å². The zero-order valence-electron chi connectivity index (χ0n) is 10.7. The van der Waals surface area contributed by atoms with E-state index in [0.717, 1.165) is 14.9 Å². The van der Waals surface area contributed by atoms with Crippen LogP contribution in [-0.4, -0.2) is 16.2 Å². The molecule has 3 rings (SSSR count). The number of aliphatic carboxylic acids is 1. The average Bonchev–Trinajstić information content (AvgIpc) is 3.06. The fraction of sp³-hybridized carbons (Fsp3) is 0. The molecule has 1 atom stereocenters. The van der Waals surface area contributed by atoms with Gasteiger partial charge in [0.05, 0.1) is 9.78 Å². The van der Waals surface area contributed by atoms with Gasteiger partial charge in [-0.25, -0.2) is 4.79 Å². The molecule has 0 amide bonds. The molecule has 2 N–H and O–H groups in total. The van der Waals surface area contributed by atoms with E-state index >= 15 is 0 Å². The SMILES string of the molecule is O=C(O)C1=CC=C[SH]1c1csc(-c2ccc(Br)cc2)c1O. The van der Waals surface area contributed by atoms with Crippen molar-refractivity contribution in [1.29, 1.82) is 0 Å². The number of carboxylic acid groups (broad SMARTS) is 1. The molecule has 1 aromatic carbocycles. The van der Waals surface area contributed by atoms with Crippen molar-refractivity contribution in [3.8, 4) is 16.2 Å². The van der Waals surface area contributed by atoms with E-state index in [1.54, 1.807) is 12.2 Å². The lowest BCUT2D eigenvalue weighted by molar-refractivity contribution is -0.131. The van der Waals surface area contributed by atoms with Crippen LogP contribution >= 0.6 is 38.2 Å². The quantitative estimate of drug-likeness (QED) is 0.671. The maximum absolute atomic E-state index is 11.2. The number of thiol groups is 1. The van der Waals surface area contributed by atoms with Crippen LogP contribution in [0.15, 0.2) is 61.5 Å². The maximum Gasteiger partial charge on any atom is 0.341 e. The van der Waals surface area contributed by atoms with Gasteiger partial charge in [0, 0.05) is 14.7 Å². The van der Waals surface area contributed by atoms with Crippen LogP contribution in [0.1, 0.15) is 0 Å². The van der Waals surface area contributed by atoms with Gasteiger partial charge >= 0.3 is 5.97 Å². The van der Waals surface area contributed by atoms with Gasteiger partial charge in [-0.15, -0.1) is 11.3 Å². The number of halogens is 1. The van der Waals surface area contributed by atoms with Crippen LogP contribution in [0.5, 0.6) is 5.75 Å². The normalized spacial score (nSPS) is 18.7. The molecule has 1 aliphatic heterocycles. The largest absolute Gasteiger partial charge is 0.505 e. The van der Waals surface area contributed by atoms with E-state index < -0.39 is 16.9 Å². The smallest absolute Gasteiger partial charge is 0.341 e. The third-order valence-electron chi connectivity index (χ3n) is 3.08. The molecule has 6 heteroatoms. The van der Waals surface area contributed by atoms with Crippen LogP contribution in [0.2, 0.25) is 0 Å². The summed E-state index contributed by atoms with van der Waals surface area (Å²) in [5.74, 6) is -0.742. The molecule has 0 fully saturated rings. The van der Waals surface area contributed by atoms with Crippen LogP contribution in [0.3, 0.4) is 0 Å². The van der Waals surface area contributed by atoms with Gasteiger partial charge in [-0.2, -0.15) is 10.9 Å². The summed E-state index contributed by atoms with van der Waals surface area (Å²) >= 11 is 4.81. The van der Waals surface area contributed by atoms with Gasteiger partial charge in [-0.1, -0.05) is 34.1 Å². The third-order valence-corrected chi connectivity index (χ3v) is 6.99.